The van der Waals surface area contributed by atoms with E-state index in [1.165, 1.54) is 4.88 Å². The smallest absolute Gasteiger partial charge is 0.248 e. The van der Waals surface area contributed by atoms with Crippen LogP contribution in [0.1, 0.15) is 20.8 Å². The average Bonchev–Trinajstić information content (AvgIpc) is 3.15. The summed E-state index contributed by atoms with van der Waals surface area (Å²) in [6.07, 6.45) is 0. The summed E-state index contributed by atoms with van der Waals surface area (Å²) in [5, 5.41) is 2.09. The van der Waals surface area contributed by atoms with Crippen molar-refractivity contribution in [1.29, 1.82) is 0 Å². The summed E-state index contributed by atoms with van der Waals surface area (Å²) in [5.41, 5.74) is 8.08. The predicted octanol–water partition coefficient (Wildman–Crippen LogP) is 4.06. The summed E-state index contributed by atoms with van der Waals surface area (Å²) in [5.74, 6) is 0.433. The van der Waals surface area contributed by atoms with Crippen LogP contribution in [0, 0.1) is 0 Å². The molecule has 0 bridgehead atoms. The molecule has 3 rings (SSSR count). The molecule has 0 fully saturated rings. The number of carbonyl (C=O) groups is 1. The molecule has 0 saturated heterocycles. The number of hydrogen-bond acceptors (Lipinski definition) is 4. The molecule has 0 aliphatic carbocycles. The Kier molecular flexibility index (Phi) is 5.36. The summed E-state index contributed by atoms with van der Waals surface area (Å²) >= 11 is 1.74. The molecule has 1 aromatic heterocycles. The molecule has 0 aliphatic heterocycles. The number of primary amides is 1. The van der Waals surface area contributed by atoms with Gasteiger partial charge in [-0.05, 0) is 53.4 Å². The molecular formula is C20H20N2O2S. The van der Waals surface area contributed by atoms with Crippen LogP contribution in [0.25, 0.3) is 0 Å². The van der Waals surface area contributed by atoms with Gasteiger partial charge in [0.1, 0.15) is 5.75 Å². The first-order chi connectivity index (χ1) is 12.2. The van der Waals surface area contributed by atoms with Crippen LogP contribution in [-0.2, 0) is 13.1 Å². The Morgan fingerprint density at radius 1 is 1.04 bits per heavy atom. The Balaban J connectivity index is 1.83. The number of ether oxygens (including phenoxy) is 1. The number of amides is 1. The van der Waals surface area contributed by atoms with Crippen molar-refractivity contribution >= 4 is 22.9 Å². The molecular weight excluding hydrogens is 332 g/mol. The SMILES string of the molecule is COc1ccc(N(Cc2ccc(C(N)=O)cc2)Cc2cccs2)cc1. The molecule has 25 heavy (non-hydrogen) atoms. The fraction of sp³-hybridized carbons (Fsp3) is 0.150. The van der Waals surface area contributed by atoms with Crippen molar-refractivity contribution in [2.24, 2.45) is 5.73 Å². The molecule has 1 amide bonds. The summed E-state index contributed by atoms with van der Waals surface area (Å²) in [6.45, 7) is 1.56. The topological polar surface area (TPSA) is 55.6 Å². The zero-order valence-electron chi connectivity index (χ0n) is 14.0. The maximum absolute atomic E-state index is 11.2. The first kappa shape index (κ1) is 17.0. The molecule has 0 unspecified atom stereocenters. The van der Waals surface area contributed by atoms with Crippen molar-refractivity contribution in [3.8, 4) is 5.75 Å². The first-order valence-corrected chi connectivity index (χ1v) is 8.84. The van der Waals surface area contributed by atoms with Gasteiger partial charge < -0.3 is 15.4 Å². The van der Waals surface area contributed by atoms with Crippen molar-refractivity contribution in [1.82, 2.24) is 0 Å². The van der Waals surface area contributed by atoms with Crippen LogP contribution >= 0.6 is 11.3 Å². The fourth-order valence-corrected chi connectivity index (χ4v) is 3.34. The lowest BCUT2D eigenvalue weighted by molar-refractivity contribution is 0.100. The lowest BCUT2D eigenvalue weighted by atomic mass is 10.1. The zero-order valence-corrected chi connectivity index (χ0v) is 14.8. The van der Waals surface area contributed by atoms with Crippen molar-refractivity contribution in [3.63, 3.8) is 0 Å². The number of methoxy groups -OCH3 is 1. The van der Waals surface area contributed by atoms with E-state index in [1.54, 1.807) is 30.6 Å². The lowest BCUT2D eigenvalue weighted by Crippen LogP contribution is -2.21. The van der Waals surface area contributed by atoms with E-state index in [0.717, 1.165) is 30.1 Å². The quantitative estimate of drug-likeness (QED) is 0.697. The summed E-state index contributed by atoms with van der Waals surface area (Å²) in [7, 11) is 1.67. The number of benzene rings is 2. The largest absolute Gasteiger partial charge is 0.497 e. The van der Waals surface area contributed by atoms with Gasteiger partial charge in [-0.1, -0.05) is 18.2 Å². The van der Waals surface area contributed by atoms with Gasteiger partial charge in [0.2, 0.25) is 5.91 Å². The minimum atomic E-state index is -0.405. The van der Waals surface area contributed by atoms with Gasteiger partial charge >= 0.3 is 0 Å². The van der Waals surface area contributed by atoms with E-state index in [2.05, 4.69) is 34.5 Å². The van der Waals surface area contributed by atoms with Crippen LogP contribution in [0.15, 0.2) is 66.0 Å². The van der Waals surface area contributed by atoms with E-state index in [1.807, 2.05) is 24.3 Å². The van der Waals surface area contributed by atoms with Crippen LogP contribution in [0.2, 0.25) is 0 Å². The minimum absolute atomic E-state index is 0.405. The Labute approximate surface area is 151 Å². The second kappa shape index (κ2) is 7.85. The summed E-state index contributed by atoms with van der Waals surface area (Å²) in [6, 6.07) is 19.7. The highest BCUT2D eigenvalue weighted by Gasteiger charge is 2.10. The van der Waals surface area contributed by atoms with E-state index < -0.39 is 5.91 Å². The molecule has 0 saturated carbocycles. The third-order valence-corrected chi connectivity index (χ3v) is 4.84. The predicted molar refractivity (Wildman–Crippen MR) is 102 cm³/mol. The van der Waals surface area contributed by atoms with Gasteiger partial charge in [0.05, 0.1) is 13.7 Å². The van der Waals surface area contributed by atoms with Crippen LogP contribution in [-0.4, -0.2) is 13.0 Å². The molecule has 2 aromatic carbocycles. The van der Waals surface area contributed by atoms with Crippen molar-refractivity contribution < 1.29 is 9.53 Å². The average molecular weight is 352 g/mol. The summed E-state index contributed by atoms with van der Waals surface area (Å²) in [4.78, 5) is 14.8. The number of anilines is 1. The number of nitrogens with two attached hydrogens (primary N) is 1. The van der Waals surface area contributed by atoms with E-state index in [0.29, 0.717) is 5.56 Å². The molecule has 3 aromatic rings. The third kappa shape index (κ3) is 4.39. The Hall–Kier alpha value is -2.79. The van der Waals surface area contributed by atoms with E-state index in [-0.39, 0.29) is 0 Å². The number of carbonyl (C=O) groups excluding carboxylic acids is 1. The van der Waals surface area contributed by atoms with Crippen molar-refractivity contribution in [2.45, 2.75) is 13.1 Å². The molecule has 4 nitrogen and oxygen atoms in total. The minimum Gasteiger partial charge on any atom is -0.497 e. The first-order valence-electron chi connectivity index (χ1n) is 7.96. The van der Waals surface area contributed by atoms with Crippen LogP contribution in [0.4, 0.5) is 5.69 Å². The van der Waals surface area contributed by atoms with E-state index in [9.17, 15) is 4.79 Å². The standard InChI is InChI=1S/C20H20N2O2S/c1-24-18-10-8-17(9-11-18)22(14-19-3-2-12-25-19)13-15-4-6-16(7-5-15)20(21)23/h2-12H,13-14H2,1H3,(H2,21,23). The number of nitrogens with zero attached hydrogens (tertiary/aromatic N) is 1. The van der Waals surface area contributed by atoms with Crippen LogP contribution in [0.3, 0.4) is 0 Å². The van der Waals surface area contributed by atoms with Crippen molar-refractivity contribution in [2.75, 3.05) is 12.0 Å². The Morgan fingerprint density at radius 2 is 1.76 bits per heavy atom. The Bertz CT molecular complexity index is 812. The van der Waals surface area contributed by atoms with Gasteiger partial charge in [-0.2, -0.15) is 0 Å². The van der Waals surface area contributed by atoms with Gasteiger partial charge in [-0.15, -0.1) is 11.3 Å². The number of thiophene rings is 1. The number of hydrogen-bond donors (Lipinski definition) is 1. The highest BCUT2D eigenvalue weighted by molar-refractivity contribution is 7.09. The highest BCUT2D eigenvalue weighted by Crippen LogP contribution is 2.24. The van der Waals surface area contributed by atoms with E-state index in [4.69, 9.17) is 10.5 Å². The van der Waals surface area contributed by atoms with Gasteiger partial charge in [0, 0.05) is 22.7 Å². The molecule has 0 aliphatic rings. The Morgan fingerprint density at radius 3 is 2.32 bits per heavy atom. The normalized spacial score (nSPS) is 10.4. The van der Waals surface area contributed by atoms with Gasteiger partial charge in [-0.25, -0.2) is 0 Å². The summed E-state index contributed by atoms with van der Waals surface area (Å²) < 4.78 is 5.25. The zero-order chi connectivity index (χ0) is 17.6. The maximum Gasteiger partial charge on any atom is 0.248 e. The van der Waals surface area contributed by atoms with Crippen LogP contribution < -0.4 is 15.4 Å². The third-order valence-electron chi connectivity index (χ3n) is 3.98. The monoisotopic (exact) mass is 352 g/mol. The van der Waals surface area contributed by atoms with E-state index >= 15 is 0 Å². The fourth-order valence-electron chi connectivity index (χ4n) is 2.62. The van der Waals surface area contributed by atoms with Crippen LogP contribution in [0.5, 0.6) is 5.75 Å². The second-order valence-electron chi connectivity index (χ2n) is 5.69. The van der Waals surface area contributed by atoms with Gasteiger partial charge in [0.15, 0.2) is 0 Å². The van der Waals surface area contributed by atoms with Gasteiger partial charge in [-0.3, -0.25) is 4.79 Å². The molecule has 1 heterocycles. The van der Waals surface area contributed by atoms with Gasteiger partial charge in [0.25, 0.3) is 0 Å². The molecule has 0 spiro atoms. The molecule has 128 valence electrons. The molecule has 0 radical (unpaired) electrons. The molecule has 0 atom stereocenters. The highest BCUT2D eigenvalue weighted by atomic mass is 32.1. The second-order valence-corrected chi connectivity index (χ2v) is 6.73. The molecule has 5 heteroatoms. The maximum atomic E-state index is 11.2. The molecule has 2 N–H and O–H groups in total. The number of rotatable bonds is 7. The van der Waals surface area contributed by atoms with Crippen molar-refractivity contribution in [3.05, 3.63) is 82.0 Å². The lowest BCUT2D eigenvalue weighted by Gasteiger charge is -2.25.